The van der Waals surface area contributed by atoms with Gasteiger partial charge in [0.1, 0.15) is 12.2 Å². The maximum absolute atomic E-state index is 11.6. The SMILES string of the molecule is CC(=O)O[C@H]1CC[C@@]2(C)[C@H](CC[C@@H]3[C@@H]2CC[C@]2(C)[C@@H]4[C@H](C[C@@H]32)O[C@@]2(OC[C@@H](C)C[C@@H]2O)[C@H]4C)C1. The van der Waals surface area contributed by atoms with Crippen molar-refractivity contribution in [2.75, 3.05) is 6.61 Å². The Morgan fingerprint density at radius 2 is 1.74 bits per heavy atom. The van der Waals surface area contributed by atoms with E-state index in [0.717, 1.165) is 37.5 Å². The number of aliphatic hydroxyl groups excluding tert-OH is 1. The van der Waals surface area contributed by atoms with Crippen LogP contribution >= 0.6 is 0 Å². The molecule has 13 atom stereocenters. The fourth-order valence-electron chi connectivity index (χ4n) is 10.7. The van der Waals surface area contributed by atoms with E-state index in [-0.39, 0.29) is 29.5 Å². The number of carbonyl (C=O) groups is 1. The molecular formula is C29H46O5. The second kappa shape index (κ2) is 7.92. The summed E-state index contributed by atoms with van der Waals surface area (Å²) in [7, 11) is 0. The van der Waals surface area contributed by atoms with Crippen LogP contribution in [0.1, 0.15) is 92.4 Å². The van der Waals surface area contributed by atoms with Crippen LogP contribution in [-0.4, -0.2) is 41.8 Å². The average molecular weight is 475 g/mol. The Labute approximate surface area is 205 Å². The van der Waals surface area contributed by atoms with Crippen molar-refractivity contribution in [2.45, 2.75) is 117 Å². The molecule has 2 aliphatic heterocycles. The largest absolute Gasteiger partial charge is 0.463 e. The summed E-state index contributed by atoms with van der Waals surface area (Å²) in [6, 6.07) is 0. The fraction of sp³-hybridized carbons (Fsp3) is 0.966. The van der Waals surface area contributed by atoms with Crippen LogP contribution in [0, 0.1) is 52.3 Å². The normalized spacial score (nSPS) is 58.5. The summed E-state index contributed by atoms with van der Waals surface area (Å²) < 4.78 is 18.8. The van der Waals surface area contributed by atoms with E-state index < -0.39 is 11.9 Å². The lowest BCUT2D eigenvalue weighted by atomic mass is 9.44. The Hall–Kier alpha value is -0.650. The van der Waals surface area contributed by atoms with Gasteiger partial charge in [0.05, 0.1) is 12.7 Å². The van der Waals surface area contributed by atoms with Gasteiger partial charge in [-0.05, 0) is 104 Å². The van der Waals surface area contributed by atoms with Gasteiger partial charge in [0, 0.05) is 12.8 Å². The Morgan fingerprint density at radius 3 is 2.47 bits per heavy atom. The average Bonchev–Trinajstić information content (AvgIpc) is 3.22. The predicted octanol–water partition coefficient (Wildman–Crippen LogP) is 5.34. The zero-order valence-electron chi connectivity index (χ0n) is 21.9. The minimum Gasteiger partial charge on any atom is -0.463 e. The molecule has 5 heteroatoms. The molecule has 4 saturated carbocycles. The summed E-state index contributed by atoms with van der Waals surface area (Å²) in [4.78, 5) is 11.6. The zero-order chi connectivity index (χ0) is 24.0. The first-order valence-corrected chi connectivity index (χ1v) is 14.3. The van der Waals surface area contributed by atoms with Crippen LogP contribution in [-0.2, 0) is 19.0 Å². The van der Waals surface area contributed by atoms with Gasteiger partial charge < -0.3 is 19.3 Å². The summed E-state index contributed by atoms with van der Waals surface area (Å²) in [6.07, 6.45) is 10.2. The highest BCUT2D eigenvalue weighted by atomic mass is 16.7. The second-order valence-corrected chi connectivity index (χ2v) is 13.8. The second-order valence-electron chi connectivity index (χ2n) is 13.8. The van der Waals surface area contributed by atoms with Gasteiger partial charge in [-0.15, -0.1) is 0 Å². The molecular weight excluding hydrogens is 428 g/mol. The monoisotopic (exact) mass is 474 g/mol. The summed E-state index contributed by atoms with van der Waals surface area (Å²) in [5.74, 6) is 3.15. The first-order chi connectivity index (χ1) is 16.1. The fourth-order valence-corrected chi connectivity index (χ4v) is 10.7. The van der Waals surface area contributed by atoms with E-state index in [1.54, 1.807) is 6.92 Å². The molecule has 6 rings (SSSR count). The molecule has 0 amide bonds. The third-order valence-electron chi connectivity index (χ3n) is 12.2. The van der Waals surface area contributed by atoms with Crippen LogP contribution in [0.3, 0.4) is 0 Å². The molecule has 6 aliphatic rings. The van der Waals surface area contributed by atoms with Gasteiger partial charge in [0.2, 0.25) is 0 Å². The summed E-state index contributed by atoms with van der Waals surface area (Å²) in [6.45, 7) is 11.8. The van der Waals surface area contributed by atoms with Crippen molar-refractivity contribution < 1.29 is 24.1 Å². The van der Waals surface area contributed by atoms with Crippen molar-refractivity contribution in [3.8, 4) is 0 Å². The zero-order valence-corrected chi connectivity index (χ0v) is 21.9. The number of aliphatic hydroxyl groups is 1. The van der Waals surface area contributed by atoms with E-state index in [2.05, 4.69) is 27.7 Å². The molecule has 0 aromatic rings. The lowest BCUT2D eigenvalue weighted by Gasteiger charge is -2.61. The number of ether oxygens (including phenoxy) is 3. The molecule has 0 aromatic heterocycles. The molecule has 0 unspecified atom stereocenters. The van der Waals surface area contributed by atoms with Crippen LogP contribution in [0.15, 0.2) is 0 Å². The molecule has 34 heavy (non-hydrogen) atoms. The molecule has 0 radical (unpaired) electrons. The molecule has 0 aromatic carbocycles. The van der Waals surface area contributed by atoms with Crippen LogP contribution in [0.2, 0.25) is 0 Å². The van der Waals surface area contributed by atoms with E-state index in [0.29, 0.717) is 35.7 Å². The third kappa shape index (κ3) is 3.18. The predicted molar refractivity (Wildman–Crippen MR) is 129 cm³/mol. The standard InChI is InChI=1S/C29H46O5/c1-16-12-25(31)29(32-15-16)17(2)26-24(34-29)14-23-21-7-6-19-13-20(33-18(3)30)8-10-27(19,4)22(21)9-11-28(23,26)5/h16-17,19-26,31H,6-15H2,1-5H3/t16-,17-,19+,20-,21+,22-,23-,24-,25-,26-,27-,28-,29-/m0/s1. The number of hydrogen-bond donors (Lipinski definition) is 1. The third-order valence-corrected chi connectivity index (χ3v) is 12.2. The highest BCUT2D eigenvalue weighted by molar-refractivity contribution is 5.66. The number of fused-ring (bicyclic) bond motifs is 7. The highest BCUT2D eigenvalue weighted by Crippen LogP contribution is 2.71. The Bertz CT molecular complexity index is 829. The van der Waals surface area contributed by atoms with E-state index in [1.165, 1.54) is 32.1 Å². The maximum Gasteiger partial charge on any atom is 0.302 e. The summed E-state index contributed by atoms with van der Waals surface area (Å²) in [5.41, 5.74) is 0.657. The summed E-state index contributed by atoms with van der Waals surface area (Å²) >= 11 is 0. The van der Waals surface area contributed by atoms with Gasteiger partial charge in [-0.3, -0.25) is 4.79 Å². The van der Waals surface area contributed by atoms with Gasteiger partial charge in [-0.2, -0.15) is 0 Å². The van der Waals surface area contributed by atoms with Crippen LogP contribution in [0.5, 0.6) is 0 Å². The molecule has 1 spiro atoms. The van der Waals surface area contributed by atoms with Crippen LogP contribution in [0.25, 0.3) is 0 Å². The van der Waals surface area contributed by atoms with Crippen molar-refractivity contribution in [1.82, 2.24) is 0 Å². The smallest absolute Gasteiger partial charge is 0.302 e. The first kappa shape index (κ1) is 23.7. The van der Waals surface area contributed by atoms with Crippen molar-refractivity contribution in [3.63, 3.8) is 0 Å². The lowest BCUT2D eigenvalue weighted by Crippen LogP contribution is -2.57. The summed E-state index contributed by atoms with van der Waals surface area (Å²) in [5, 5.41) is 11.1. The van der Waals surface area contributed by atoms with Crippen molar-refractivity contribution >= 4 is 5.97 Å². The van der Waals surface area contributed by atoms with Crippen LogP contribution in [0.4, 0.5) is 0 Å². The number of esters is 1. The molecule has 0 bridgehead atoms. The van der Waals surface area contributed by atoms with Gasteiger partial charge in [-0.1, -0.05) is 27.7 Å². The number of hydrogen-bond acceptors (Lipinski definition) is 5. The topological polar surface area (TPSA) is 65.0 Å². The molecule has 5 nitrogen and oxygen atoms in total. The Balaban J connectivity index is 1.22. The first-order valence-electron chi connectivity index (χ1n) is 14.3. The highest BCUT2D eigenvalue weighted by Gasteiger charge is 2.70. The molecule has 2 heterocycles. The van der Waals surface area contributed by atoms with Gasteiger partial charge >= 0.3 is 5.97 Å². The quantitative estimate of drug-likeness (QED) is 0.520. The van der Waals surface area contributed by atoms with Crippen molar-refractivity contribution in [2.24, 2.45) is 52.3 Å². The minimum absolute atomic E-state index is 0.123. The van der Waals surface area contributed by atoms with Gasteiger partial charge in [-0.25, -0.2) is 0 Å². The van der Waals surface area contributed by atoms with Crippen LogP contribution < -0.4 is 0 Å². The Kier molecular flexibility index (Phi) is 5.53. The van der Waals surface area contributed by atoms with Gasteiger partial charge in [0.15, 0.2) is 5.79 Å². The maximum atomic E-state index is 11.6. The van der Waals surface area contributed by atoms with Crippen molar-refractivity contribution in [3.05, 3.63) is 0 Å². The van der Waals surface area contributed by atoms with E-state index >= 15 is 0 Å². The minimum atomic E-state index is -0.786. The van der Waals surface area contributed by atoms with E-state index in [4.69, 9.17) is 14.2 Å². The molecule has 2 saturated heterocycles. The van der Waals surface area contributed by atoms with E-state index in [9.17, 15) is 9.90 Å². The molecule has 1 N–H and O–H groups in total. The van der Waals surface area contributed by atoms with Gasteiger partial charge in [0.25, 0.3) is 0 Å². The number of carbonyl (C=O) groups excluding carboxylic acids is 1. The lowest BCUT2D eigenvalue weighted by molar-refractivity contribution is -0.316. The molecule has 4 aliphatic carbocycles. The Morgan fingerprint density at radius 1 is 0.971 bits per heavy atom. The molecule has 192 valence electrons. The number of rotatable bonds is 1. The molecule has 6 fully saturated rings. The van der Waals surface area contributed by atoms with E-state index in [1.807, 2.05) is 0 Å². The van der Waals surface area contributed by atoms with Crippen molar-refractivity contribution in [1.29, 1.82) is 0 Å².